The van der Waals surface area contributed by atoms with Crippen molar-refractivity contribution in [1.29, 1.82) is 0 Å². The molecule has 126 valence electrons. The monoisotopic (exact) mass is 357 g/mol. The Labute approximate surface area is 141 Å². The van der Waals surface area contributed by atoms with Crippen LogP contribution in [-0.2, 0) is 9.84 Å². The van der Waals surface area contributed by atoms with Crippen LogP contribution in [0.4, 0.5) is 15.8 Å². The maximum absolute atomic E-state index is 14.3. The van der Waals surface area contributed by atoms with Gasteiger partial charge in [0, 0.05) is 29.6 Å². The number of sulfone groups is 1. The topological polar surface area (TPSA) is 101 Å². The van der Waals surface area contributed by atoms with Crippen molar-refractivity contribution in [3.05, 3.63) is 48.4 Å². The minimum atomic E-state index is -3.37. The highest BCUT2D eigenvalue weighted by atomic mass is 32.2. The number of pyridine rings is 1. The number of nitrogens with zero attached hydrogens (tertiary/aromatic N) is 3. The van der Waals surface area contributed by atoms with Crippen LogP contribution in [0.3, 0.4) is 0 Å². The number of aromatic amines is 1. The maximum Gasteiger partial charge on any atom is 0.175 e. The Hall–Kier alpha value is -3.07. The number of anilines is 2. The molecule has 4 aromatic rings. The maximum atomic E-state index is 14.3. The molecule has 0 radical (unpaired) electrons. The van der Waals surface area contributed by atoms with E-state index in [-0.39, 0.29) is 10.6 Å². The highest BCUT2D eigenvalue weighted by Gasteiger charge is 2.12. The second-order valence-corrected chi connectivity index (χ2v) is 7.59. The first-order valence-corrected chi connectivity index (χ1v) is 9.17. The predicted octanol–water partition coefficient (Wildman–Crippen LogP) is 2.79. The van der Waals surface area contributed by atoms with E-state index >= 15 is 0 Å². The number of nitrogens with one attached hydrogen (secondary N) is 2. The second kappa shape index (κ2) is 5.49. The van der Waals surface area contributed by atoms with Crippen molar-refractivity contribution in [2.45, 2.75) is 4.90 Å². The van der Waals surface area contributed by atoms with Crippen molar-refractivity contribution in [2.24, 2.45) is 0 Å². The van der Waals surface area contributed by atoms with E-state index in [1.54, 1.807) is 18.3 Å². The molecule has 0 aliphatic carbocycles. The average molecular weight is 357 g/mol. The summed E-state index contributed by atoms with van der Waals surface area (Å²) in [6.45, 7) is 0. The largest absolute Gasteiger partial charge is 0.352 e. The van der Waals surface area contributed by atoms with E-state index in [0.717, 1.165) is 6.26 Å². The smallest absolute Gasteiger partial charge is 0.175 e. The summed E-state index contributed by atoms with van der Waals surface area (Å²) in [5.41, 5.74) is 2.28. The number of halogens is 1. The minimum Gasteiger partial charge on any atom is -0.352 e. The minimum absolute atomic E-state index is 0.170. The zero-order chi connectivity index (χ0) is 17.6. The molecule has 2 aromatic heterocycles. The molecule has 0 spiro atoms. The molecule has 0 aliphatic heterocycles. The van der Waals surface area contributed by atoms with E-state index in [0.29, 0.717) is 27.6 Å². The molecule has 25 heavy (non-hydrogen) atoms. The zero-order valence-corrected chi connectivity index (χ0v) is 13.8. The van der Waals surface area contributed by atoms with Gasteiger partial charge in [-0.25, -0.2) is 12.8 Å². The number of hydrogen-bond acceptors (Lipinski definition) is 6. The van der Waals surface area contributed by atoms with Gasteiger partial charge in [0.05, 0.1) is 16.1 Å². The summed E-state index contributed by atoms with van der Waals surface area (Å²) >= 11 is 0. The highest BCUT2D eigenvalue weighted by molar-refractivity contribution is 7.90. The summed E-state index contributed by atoms with van der Waals surface area (Å²) in [5, 5.41) is 13.8. The molecule has 0 saturated heterocycles. The van der Waals surface area contributed by atoms with Gasteiger partial charge in [-0.15, -0.1) is 0 Å². The van der Waals surface area contributed by atoms with Crippen LogP contribution in [0.15, 0.2) is 47.5 Å². The fourth-order valence-electron chi connectivity index (χ4n) is 2.57. The van der Waals surface area contributed by atoms with Gasteiger partial charge in [-0.05, 0) is 30.3 Å². The van der Waals surface area contributed by atoms with Gasteiger partial charge in [-0.3, -0.25) is 4.98 Å². The molecular formula is C16H12FN5O2S. The third-order valence-electron chi connectivity index (χ3n) is 3.82. The molecule has 2 N–H and O–H groups in total. The molecule has 0 unspecified atom stereocenters. The first kappa shape index (κ1) is 15.5. The molecule has 2 aromatic carbocycles. The van der Waals surface area contributed by atoms with Gasteiger partial charge in [-0.1, -0.05) is 0 Å². The second-order valence-electron chi connectivity index (χ2n) is 5.58. The van der Waals surface area contributed by atoms with Gasteiger partial charge in [0.25, 0.3) is 0 Å². The van der Waals surface area contributed by atoms with Crippen LogP contribution in [-0.4, -0.2) is 35.1 Å². The van der Waals surface area contributed by atoms with Gasteiger partial charge < -0.3 is 5.32 Å². The molecule has 2 heterocycles. The van der Waals surface area contributed by atoms with Crippen molar-refractivity contribution < 1.29 is 12.8 Å². The Balaban J connectivity index is 1.86. The number of fused-ring (bicyclic) bond motifs is 2. The number of hydrogen-bond donors (Lipinski definition) is 2. The Morgan fingerprint density at radius 1 is 1.00 bits per heavy atom. The molecule has 7 nitrogen and oxygen atoms in total. The summed E-state index contributed by atoms with van der Waals surface area (Å²) in [6, 6.07) is 9.09. The SMILES string of the molecule is CS(=O)(=O)c1ccc2nccc(Nc3cc4n[nH]nc4cc3F)c2c1. The van der Waals surface area contributed by atoms with Crippen LogP contribution in [0.5, 0.6) is 0 Å². The van der Waals surface area contributed by atoms with Crippen molar-refractivity contribution in [2.75, 3.05) is 11.6 Å². The molecule has 0 saturated carbocycles. The van der Waals surface area contributed by atoms with Crippen molar-refractivity contribution in [3.8, 4) is 0 Å². The molecular weight excluding hydrogens is 345 g/mol. The standard InChI is InChI=1S/C16H12FN5O2S/c1-25(23,24)9-2-3-12-10(6-9)13(4-5-18-12)19-14-8-16-15(7-11(14)17)20-22-21-16/h2-8H,1H3,(H,18,19)(H,20,21,22). The summed E-state index contributed by atoms with van der Waals surface area (Å²) in [5.74, 6) is -0.495. The van der Waals surface area contributed by atoms with Crippen LogP contribution >= 0.6 is 0 Å². The normalized spacial score (nSPS) is 11.9. The van der Waals surface area contributed by atoms with Crippen LogP contribution in [0, 0.1) is 5.82 Å². The first-order chi connectivity index (χ1) is 11.9. The quantitative estimate of drug-likeness (QED) is 0.585. The van der Waals surface area contributed by atoms with Crippen LogP contribution in [0.2, 0.25) is 0 Å². The van der Waals surface area contributed by atoms with E-state index in [1.807, 2.05) is 0 Å². The Morgan fingerprint density at radius 2 is 1.76 bits per heavy atom. The lowest BCUT2D eigenvalue weighted by molar-refractivity contribution is 0.602. The molecule has 0 bridgehead atoms. The number of benzene rings is 2. The summed E-state index contributed by atoms with van der Waals surface area (Å²) in [7, 11) is -3.37. The molecule has 0 fully saturated rings. The van der Waals surface area contributed by atoms with Gasteiger partial charge >= 0.3 is 0 Å². The van der Waals surface area contributed by atoms with Crippen LogP contribution in [0.1, 0.15) is 0 Å². The summed E-state index contributed by atoms with van der Waals surface area (Å²) < 4.78 is 37.9. The molecule has 0 amide bonds. The summed E-state index contributed by atoms with van der Waals surface area (Å²) in [4.78, 5) is 4.38. The average Bonchev–Trinajstić information content (AvgIpc) is 3.01. The van der Waals surface area contributed by atoms with Gasteiger partial charge in [0.15, 0.2) is 9.84 Å². The lowest BCUT2D eigenvalue weighted by atomic mass is 10.1. The fourth-order valence-corrected chi connectivity index (χ4v) is 3.22. The van der Waals surface area contributed by atoms with E-state index in [9.17, 15) is 12.8 Å². The van der Waals surface area contributed by atoms with Crippen molar-refractivity contribution >= 4 is 43.1 Å². The Kier molecular flexibility index (Phi) is 3.39. The number of H-pyrrole nitrogens is 1. The third kappa shape index (κ3) is 2.78. The predicted molar refractivity (Wildman–Crippen MR) is 92.0 cm³/mol. The van der Waals surface area contributed by atoms with Crippen molar-refractivity contribution in [1.82, 2.24) is 20.4 Å². The highest BCUT2D eigenvalue weighted by Crippen LogP contribution is 2.29. The zero-order valence-electron chi connectivity index (χ0n) is 13.0. The Bertz CT molecular complexity index is 1220. The first-order valence-electron chi connectivity index (χ1n) is 7.28. The van der Waals surface area contributed by atoms with Crippen LogP contribution in [0.25, 0.3) is 21.9 Å². The molecule has 0 atom stereocenters. The lowest BCUT2D eigenvalue weighted by Crippen LogP contribution is -1.99. The number of rotatable bonds is 3. The Morgan fingerprint density at radius 3 is 2.52 bits per heavy atom. The third-order valence-corrected chi connectivity index (χ3v) is 4.93. The van der Waals surface area contributed by atoms with E-state index in [2.05, 4.69) is 25.7 Å². The van der Waals surface area contributed by atoms with E-state index in [4.69, 9.17) is 0 Å². The molecule has 9 heteroatoms. The fraction of sp³-hybridized carbons (Fsp3) is 0.0625. The van der Waals surface area contributed by atoms with Gasteiger partial charge in [0.1, 0.15) is 16.9 Å². The van der Waals surface area contributed by atoms with E-state index in [1.165, 1.54) is 24.3 Å². The summed E-state index contributed by atoms with van der Waals surface area (Å²) in [6.07, 6.45) is 2.70. The number of aromatic nitrogens is 4. The molecule has 0 aliphatic rings. The van der Waals surface area contributed by atoms with E-state index < -0.39 is 15.7 Å². The van der Waals surface area contributed by atoms with Crippen molar-refractivity contribution in [3.63, 3.8) is 0 Å². The lowest BCUT2D eigenvalue weighted by Gasteiger charge is -2.11. The van der Waals surface area contributed by atoms with Gasteiger partial charge in [0.2, 0.25) is 0 Å². The molecule has 4 rings (SSSR count). The van der Waals surface area contributed by atoms with Gasteiger partial charge in [-0.2, -0.15) is 15.4 Å². The van der Waals surface area contributed by atoms with Crippen LogP contribution < -0.4 is 5.32 Å².